The summed E-state index contributed by atoms with van der Waals surface area (Å²) in [5.74, 6) is -0.690. The lowest BCUT2D eigenvalue weighted by Gasteiger charge is -2.25. The number of hydrogen-bond acceptors (Lipinski definition) is 4. The second-order valence-electron chi connectivity index (χ2n) is 6.46. The molecule has 0 aliphatic heterocycles. The summed E-state index contributed by atoms with van der Waals surface area (Å²) in [6.07, 6.45) is 0. The van der Waals surface area contributed by atoms with Crippen LogP contribution in [-0.2, 0) is 21.4 Å². The van der Waals surface area contributed by atoms with Crippen LogP contribution in [0.1, 0.15) is 24.1 Å². The summed E-state index contributed by atoms with van der Waals surface area (Å²) in [4.78, 5) is 25.6. The van der Waals surface area contributed by atoms with Crippen molar-refractivity contribution in [1.82, 2.24) is 15.5 Å². The molecule has 4 N–H and O–H groups in total. The smallest absolute Gasteiger partial charge is 0.315 e. The molecule has 0 saturated heterocycles. The van der Waals surface area contributed by atoms with E-state index < -0.39 is 16.1 Å². The van der Waals surface area contributed by atoms with Crippen molar-refractivity contribution in [1.29, 1.82) is 0 Å². The molecule has 10 heteroatoms. The summed E-state index contributed by atoms with van der Waals surface area (Å²) in [5.41, 5.74) is 1.44. The van der Waals surface area contributed by atoms with Crippen LogP contribution in [0.4, 0.5) is 9.18 Å². The minimum Gasteiger partial charge on any atom is -0.337 e. The molecule has 1 atom stereocenters. The van der Waals surface area contributed by atoms with E-state index in [1.165, 1.54) is 29.2 Å². The second kappa shape index (κ2) is 9.48. The van der Waals surface area contributed by atoms with Crippen molar-refractivity contribution in [2.24, 2.45) is 5.14 Å². The van der Waals surface area contributed by atoms with Crippen molar-refractivity contribution in [3.63, 3.8) is 0 Å². The fourth-order valence-electron chi connectivity index (χ4n) is 2.50. The maximum Gasteiger partial charge on any atom is 0.315 e. The molecule has 29 heavy (non-hydrogen) atoms. The van der Waals surface area contributed by atoms with E-state index in [9.17, 15) is 22.4 Å². The number of amides is 3. The Hall–Kier alpha value is -2.98. The molecule has 3 amide bonds. The van der Waals surface area contributed by atoms with Gasteiger partial charge in [-0.3, -0.25) is 4.79 Å². The highest BCUT2D eigenvalue weighted by Crippen LogP contribution is 2.20. The maximum absolute atomic E-state index is 12.9. The normalized spacial score (nSPS) is 12.1. The Bertz CT molecular complexity index is 963. The molecule has 2 aromatic rings. The van der Waals surface area contributed by atoms with Crippen molar-refractivity contribution in [2.75, 3.05) is 13.6 Å². The van der Waals surface area contributed by atoms with Gasteiger partial charge in [0.2, 0.25) is 15.9 Å². The van der Waals surface area contributed by atoms with E-state index in [4.69, 9.17) is 5.14 Å². The third-order valence-corrected chi connectivity index (χ3v) is 5.36. The first-order valence-electron chi connectivity index (χ1n) is 8.72. The minimum absolute atomic E-state index is 0.0121. The van der Waals surface area contributed by atoms with Crippen molar-refractivity contribution in [2.45, 2.75) is 24.4 Å². The van der Waals surface area contributed by atoms with E-state index in [0.29, 0.717) is 5.56 Å². The highest BCUT2D eigenvalue weighted by molar-refractivity contribution is 7.89. The molecule has 2 rings (SSSR count). The summed E-state index contributed by atoms with van der Waals surface area (Å²) < 4.78 is 35.5. The lowest BCUT2D eigenvalue weighted by Crippen LogP contribution is -2.43. The van der Waals surface area contributed by atoms with Crippen LogP contribution in [0.5, 0.6) is 0 Å². The Balaban J connectivity index is 1.84. The maximum atomic E-state index is 12.9. The molecule has 8 nitrogen and oxygen atoms in total. The number of benzene rings is 2. The lowest BCUT2D eigenvalue weighted by molar-refractivity contribution is -0.130. The molecule has 1 unspecified atom stereocenters. The van der Waals surface area contributed by atoms with Gasteiger partial charge < -0.3 is 15.5 Å². The first-order chi connectivity index (χ1) is 13.6. The lowest BCUT2D eigenvalue weighted by atomic mass is 10.1. The average Bonchev–Trinajstić information content (AvgIpc) is 2.69. The number of nitrogens with two attached hydrogens (primary N) is 1. The highest BCUT2D eigenvalue weighted by Gasteiger charge is 2.18. The molecule has 0 saturated carbocycles. The monoisotopic (exact) mass is 422 g/mol. The molecule has 0 heterocycles. The molecular formula is C19H23FN4O4S. The number of nitrogens with one attached hydrogen (secondary N) is 2. The Morgan fingerprint density at radius 3 is 2.21 bits per heavy atom. The first kappa shape index (κ1) is 22.3. The molecule has 0 bridgehead atoms. The summed E-state index contributed by atoms with van der Waals surface area (Å²) in [5, 5.41) is 10.1. The predicted molar refractivity (Wildman–Crippen MR) is 106 cm³/mol. The van der Waals surface area contributed by atoms with Crippen LogP contribution in [0.15, 0.2) is 53.4 Å². The van der Waals surface area contributed by atoms with Gasteiger partial charge in [0.25, 0.3) is 0 Å². The molecular weight excluding hydrogens is 399 g/mol. The molecule has 0 aromatic heterocycles. The molecule has 0 fully saturated rings. The first-order valence-corrected chi connectivity index (χ1v) is 10.3. The van der Waals surface area contributed by atoms with Gasteiger partial charge in [-0.2, -0.15) is 0 Å². The fourth-order valence-corrected chi connectivity index (χ4v) is 3.02. The Morgan fingerprint density at radius 1 is 1.07 bits per heavy atom. The number of nitrogens with zero attached hydrogens (tertiary/aromatic N) is 1. The number of likely N-dealkylation sites (N-methyl/N-ethyl adjacent to an activating group) is 1. The van der Waals surface area contributed by atoms with Crippen LogP contribution in [0.2, 0.25) is 0 Å². The van der Waals surface area contributed by atoms with Gasteiger partial charge in [-0.1, -0.05) is 24.3 Å². The number of primary sulfonamides is 1. The van der Waals surface area contributed by atoms with Crippen molar-refractivity contribution >= 4 is 22.0 Å². The van der Waals surface area contributed by atoms with E-state index in [1.807, 2.05) is 0 Å². The van der Waals surface area contributed by atoms with Gasteiger partial charge in [-0.05, 0) is 42.3 Å². The van der Waals surface area contributed by atoms with Gasteiger partial charge in [0.15, 0.2) is 0 Å². The minimum atomic E-state index is -3.78. The third-order valence-electron chi connectivity index (χ3n) is 4.43. The Kier molecular flexibility index (Phi) is 7.29. The van der Waals surface area contributed by atoms with Crippen LogP contribution in [0.3, 0.4) is 0 Å². The van der Waals surface area contributed by atoms with E-state index in [-0.39, 0.29) is 35.8 Å². The van der Waals surface area contributed by atoms with Crippen LogP contribution < -0.4 is 15.8 Å². The van der Waals surface area contributed by atoms with Gasteiger partial charge >= 0.3 is 6.03 Å². The topological polar surface area (TPSA) is 122 Å². The number of rotatable bonds is 7. The summed E-state index contributed by atoms with van der Waals surface area (Å²) >= 11 is 0. The van der Waals surface area contributed by atoms with Gasteiger partial charge in [0.05, 0.1) is 17.5 Å². The largest absolute Gasteiger partial charge is 0.337 e. The van der Waals surface area contributed by atoms with E-state index in [1.54, 1.807) is 38.2 Å². The van der Waals surface area contributed by atoms with Crippen LogP contribution in [0, 0.1) is 5.82 Å². The van der Waals surface area contributed by atoms with E-state index in [0.717, 1.165) is 5.56 Å². The number of carbonyl (C=O) groups excluding carboxylic acids is 2. The molecule has 0 spiro atoms. The van der Waals surface area contributed by atoms with Gasteiger partial charge in [-0.15, -0.1) is 0 Å². The number of urea groups is 1. The van der Waals surface area contributed by atoms with Gasteiger partial charge in [-0.25, -0.2) is 22.7 Å². The van der Waals surface area contributed by atoms with Gasteiger partial charge in [0.1, 0.15) is 5.82 Å². The quantitative estimate of drug-likeness (QED) is 0.626. The SMILES string of the molecule is CC(c1ccc(S(N)(=O)=O)cc1)N(C)C(=O)CNC(=O)NCc1ccc(F)cc1. The molecule has 0 aliphatic rings. The van der Waals surface area contributed by atoms with Crippen molar-refractivity contribution in [3.8, 4) is 0 Å². The Labute approximate surface area is 168 Å². The van der Waals surface area contributed by atoms with Crippen LogP contribution in [0.25, 0.3) is 0 Å². The fraction of sp³-hybridized carbons (Fsp3) is 0.263. The molecule has 2 aromatic carbocycles. The zero-order valence-electron chi connectivity index (χ0n) is 16.1. The summed E-state index contributed by atoms with van der Waals surface area (Å²) in [6.45, 7) is 1.76. The van der Waals surface area contributed by atoms with Crippen molar-refractivity contribution < 1.29 is 22.4 Å². The number of hydrogen-bond donors (Lipinski definition) is 3. The van der Waals surface area contributed by atoms with Crippen LogP contribution in [-0.4, -0.2) is 38.8 Å². The summed E-state index contributed by atoms with van der Waals surface area (Å²) in [6, 6.07) is 10.7. The molecule has 156 valence electrons. The third kappa shape index (κ3) is 6.54. The van der Waals surface area contributed by atoms with E-state index >= 15 is 0 Å². The van der Waals surface area contributed by atoms with Gasteiger partial charge in [0, 0.05) is 13.6 Å². The van der Waals surface area contributed by atoms with Crippen LogP contribution >= 0.6 is 0 Å². The molecule has 0 radical (unpaired) electrons. The summed E-state index contributed by atoms with van der Waals surface area (Å²) in [7, 11) is -2.20. The molecule has 0 aliphatic carbocycles. The van der Waals surface area contributed by atoms with E-state index in [2.05, 4.69) is 10.6 Å². The number of halogens is 1. The zero-order valence-corrected chi connectivity index (χ0v) is 16.9. The standard InChI is InChI=1S/C19H23FN4O4S/c1-13(15-5-9-17(10-6-15)29(21,27)28)24(2)18(25)12-23-19(26)22-11-14-3-7-16(20)8-4-14/h3-10,13H,11-12H2,1-2H3,(H2,21,27,28)(H2,22,23,26). The number of sulfonamides is 1. The van der Waals surface area contributed by atoms with Crippen molar-refractivity contribution in [3.05, 3.63) is 65.5 Å². The second-order valence-corrected chi connectivity index (χ2v) is 8.02. The average molecular weight is 422 g/mol. The Morgan fingerprint density at radius 2 is 1.66 bits per heavy atom. The predicted octanol–water partition coefficient (Wildman–Crippen LogP) is 1.49. The number of carbonyl (C=O) groups is 2. The highest BCUT2D eigenvalue weighted by atomic mass is 32.2. The zero-order chi connectivity index (χ0) is 21.6.